The van der Waals surface area contributed by atoms with Gasteiger partial charge in [0.2, 0.25) is 0 Å². The molecule has 0 saturated carbocycles. The normalized spacial score (nSPS) is 32.2. The van der Waals surface area contributed by atoms with E-state index in [-0.39, 0.29) is 18.1 Å². The second-order valence-electron chi connectivity index (χ2n) is 3.65. The molecule has 1 rings (SSSR count). The third kappa shape index (κ3) is 1.95. The Morgan fingerprint density at radius 3 is 2.83 bits per heavy atom. The first kappa shape index (κ1) is 10.4. The first-order valence-electron chi connectivity index (χ1n) is 4.69. The molecule has 3 heteroatoms. The van der Waals surface area contributed by atoms with Crippen LogP contribution in [0.4, 0.5) is 0 Å². The molecule has 0 aromatic heterocycles. The maximum atomic E-state index is 8.97. The van der Waals surface area contributed by atoms with E-state index in [1.165, 1.54) is 12.2 Å². The van der Waals surface area contributed by atoms with Crippen LogP contribution < -0.4 is 5.73 Å². The Labute approximate surface area is 78.9 Å². The van der Waals surface area contributed by atoms with E-state index in [4.69, 9.17) is 10.8 Å². The van der Waals surface area contributed by atoms with Crippen LogP contribution in [0.1, 0.15) is 26.2 Å². The lowest BCUT2D eigenvalue weighted by Gasteiger charge is -2.33. The van der Waals surface area contributed by atoms with E-state index in [0.717, 1.165) is 18.6 Å². The van der Waals surface area contributed by atoms with Crippen molar-refractivity contribution in [3.05, 3.63) is 0 Å². The monoisotopic (exact) mass is 189 g/mol. The van der Waals surface area contributed by atoms with E-state index in [1.54, 1.807) is 0 Å². The van der Waals surface area contributed by atoms with Crippen LogP contribution in [0.15, 0.2) is 0 Å². The van der Waals surface area contributed by atoms with Gasteiger partial charge in [-0.2, -0.15) is 11.8 Å². The summed E-state index contributed by atoms with van der Waals surface area (Å²) in [7, 11) is 0. The Morgan fingerprint density at radius 2 is 2.42 bits per heavy atom. The van der Waals surface area contributed by atoms with E-state index in [2.05, 4.69) is 6.92 Å². The summed E-state index contributed by atoms with van der Waals surface area (Å²) in [6.45, 7) is 2.42. The maximum Gasteiger partial charge on any atom is 0.0437 e. The SMILES string of the molecule is CCC(N)C1(CCO)CCSC1. The van der Waals surface area contributed by atoms with Gasteiger partial charge in [-0.3, -0.25) is 0 Å². The zero-order valence-corrected chi connectivity index (χ0v) is 8.57. The molecule has 2 atom stereocenters. The predicted molar refractivity (Wildman–Crippen MR) is 54.3 cm³/mol. The van der Waals surface area contributed by atoms with Crippen molar-refractivity contribution in [2.24, 2.45) is 11.1 Å². The van der Waals surface area contributed by atoms with Crippen molar-refractivity contribution in [1.29, 1.82) is 0 Å². The largest absolute Gasteiger partial charge is 0.396 e. The molecule has 0 aromatic rings. The lowest BCUT2D eigenvalue weighted by atomic mass is 9.76. The molecule has 0 amide bonds. The zero-order valence-electron chi connectivity index (χ0n) is 7.75. The summed E-state index contributed by atoms with van der Waals surface area (Å²) >= 11 is 1.97. The molecule has 1 heterocycles. The van der Waals surface area contributed by atoms with Crippen molar-refractivity contribution >= 4 is 11.8 Å². The third-order valence-electron chi connectivity index (χ3n) is 2.97. The highest BCUT2D eigenvalue weighted by Crippen LogP contribution is 2.41. The number of thioether (sulfide) groups is 1. The van der Waals surface area contributed by atoms with Crippen LogP contribution >= 0.6 is 11.8 Å². The fourth-order valence-electron chi connectivity index (χ4n) is 1.95. The summed E-state index contributed by atoms with van der Waals surface area (Å²) in [6.07, 6.45) is 3.10. The van der Waals surface area contributed by atoms with Crippen LogP contribution in [-0.2, 0) is 0 Å². The first-order valence-corrected chi connectivity index (χ1v) is 5.85. The number of hydrogen-bond acceptors (Lipinski definition) is 3. The maximum absolute atomic E-state index is 8.97. The van der Waals surface area contributed by atoms with Gasteiger partial charge in [0.1, 0.15) is 0 Å². The molecule has 0 radical (unpaired) electrons. The summed E-state index contributed by atoms with van der Waals surface area (Å²) in [6, 6.07) is 0.277. The number of nitrogens with two attached hydrogens (primary N) is 1. The number of rotatable bonds is 4. The van der Waals surface area contributed by atoms with Gasteiger partial charge in [-0.15, -0.1) is 0 Å². The smallest absolute Gasteiger partial charge is 0.0437 e. The van der Waals surface area contributed by atoms with Crippen molar-refractivity contribution in [3.63, 3.8) is 0 Å². The summed E-state index contributed by atoms with van der Waals surface area (Å²) < 4.78 is 0. The third-order valence-corrected chi connectivity index (χ3v) is 4.24. The van der Waals surface area contributed by atoms with Crippen molar-refractivity contribution in [3.8, 4) is 0 Å². The van der Waals surface area contributed by atoms with Crippen LogP contribution in [0.2, 0.25) is 0 Å². The fraction of sp³-hybridized carbons (Fsp3) is 1.00. The molecule has 2 nitrogen and oxygen atoms in total. The van der Waals surface area contributed by atoms with Crippen LogP contribution in [0, 0.1) is 5.41 Å². The van der Waals surface area contributed by atoms with Gasteiger partial charge in [0.25, 0.3) is 0 Å². The molecule has 1 fully saturated rings. The Hall–Kier alpha value is 0.270. The summed E-state index contributed by atoms with van der Waals surface area (Å²) in [5, 5.41) is 8.97. The molecule has 1 aliphatic rings. The van der Waals surface area contributed by atoms with Crippen molar-refractivity contribution in [2.75, 3.05) is 18.1 Å². The average molecular weight is 189 g/mol. The second-order valence-corrected chi connectivity index (χ2v) is 4.76. The van der Waals surface area contributed by atoms with Crippen LogP contribution in [0.25, 0.3) is 0 Å². The van der Waals surface area contributed by atoms with Gasteiger partial charge < -0.3 is 10.8 Å². The van der Waals surface area contributed by atoms with E-state index >= 15 is 0 Å². The van der Waals surface area contributed by atoms with Gasteiger partial charge >= 0.3 is 0 Å². The number of aliphatic hydroxyl groups excluding tert-OH is 1. The molecule has 1 saturated heterocycles. The number of aliphatic hydroxyl groups is 1. The Kier molecular flexibility index (Phi) is 3.87. The minimum atomic E-state index is 0.244. The molecule has 72 valence electrons. The lowest BCUT2D eigenvalue weighted by Crippen LogP contribution is -2.42. The molecule has 12 heavy (non-hydrogen) atoms. The Morgan fingerprint density at radius 1 is 1.67 bits per heavy atom. The van der Waals surface area contributed by atoms with Crippen LogP contribution in [-0.4, -0.2) is 29.3 Å². The zero-order chi connectivity index (χ0) is 9.03. The lowest BCUT2D eigenvalue weighted by molar-refractivity contribution is 0.169. The van der Waals surface area contributed by atoms with Crippen molar-refractivity contribution in [1.82, 2.24) is 0 Å². The minimum absolute atomic E-state index is 0.244. The highest BCUT2D eigenvalue weighted by Gasteiger charge is 2.38. The van der Waals surface area contributed by atoms with Gasteiger partial charge in [0.05, 0.1) is 0 Å². The van der Waals surface area contributed by atoms with Gasteiger partial charge in [0, 0.05) is 18.4 Å². The highest BCUT2D eigenvalue weighted by molar-refractivity contribution is 7.99. The summed E-state index contributed by atoms with van der Waals surface area (Å²) in [5.74, 6) is 2.36. The van der Waals surface area contributed by atoms with Crippen molar-refractivity contribution < 1.29 is 5.11 Å². The van der Waals surface area contributed by atoms with Crippen molar-refractivity contribution in [2.45, 2.75) is 32.2 Å². The Bertz CT molecular complexity index is 134. The van der Waals surface area contributed by atoms with Gasteiger partial charge in [-0.1, -0.05) is 6.92 Å². The number of hydrogen-bond donors (Lipinski definition) is 2. The topological polar surface area (TPSA) is 46.2 Å². The van der Waals surface area contributed by atoms with Crippen LogP contribution in [0.5, 0.6) is 0 Å². The average Bonchev–Trinajstić information content (AvgIpc) is 2.53. The molecule has 0 bridgehead atoms. The van der Waals surface area contributed by atoms with Gasteiger partial charge in [-0.05, 0) is 30.4 Å². The highest BCUT2D eigenvalue weighted by atomic mass is 32.2. The minimum Gasteiger partial charge on any atom is -0.396 e. The molecule has 0 aromatic carbocycles. The summed E-state index contributed by atoms with van der Waals surface area (Å²) in [5.41, 5.74) is 6.32. The van der Waals surface area contributed by atoms with Gasteiger partial charge in [-0.25, -0.2) is 0 Å². The van der Waals surface area contributed by atoms with E-state index in [1.807, 2.05) is 11.8 Å². The molecule has 1 aliphatic heterocycles. The molecule has 3 N–H and O–H groups in total. The quantitative estimate of drug-likeness (QED) is 0.699. The Balaban J connectivity index is 2.57. The molecule has 0 spiro atoms. The van der Waals surface area contributed by atoms with E-state index in [0.29, 0.717) is 0 Å². The van der Waals surface area contributed by atoms with E-state index < -0.39 is 0 Å². The first-order chi connectivity index (χ1) is 5.75. The second kappa shape index (κ2) is 4.49. The molecular weight excluding hydrogens is 170 g/mol. The molecular formula is C9H19NOS. The predicted octanol–water partition coefficient (Wildman–Crippen LogP) is 1.23. The van der Waals surface area contributed by atoms with E-state index in [9.17, 15) is 0 Å². The molecule has 0 aliphatic carbocycles. The molecule has 2 unspecified atom stereocenters. The van der Waals surface area contributed by atoms with Crippen LogP contribution in [0.3, 0.4) is 0 Å². The fourth-order valence-corrected chi connectivity index (χ4v) is 3.56. The standard InChI is InChI=1S/C9H19NOS/c1-2-8(10)9(3-5-11)4-6-12-7-9/h8,11H,2-7,10H2,1H3. The summed E-state index contributed by atoms with van der Waals surface area (Å²) in [4.78, 5) is 0. The van der Waals surface area contributed by atoms with Gasteiger partial charge in [0.15, 0.2) is 0 Å².